The van der Waals surface area contributed by atoms with Crippen molar-refractivity contribution in [2.24, 2.45) is 0 Å². The summed E-state index contributed by atoms with van der Waals surface area (Å²) in [6.07, 6.45) is 0. The van der Waals surface area contributed by atoms with Gasteiger partial charge in [0, 0.05) is 22.5 Å². The summed E-state index contributed by atoms with van der Waals surface area (Å²) in [6.45, 7) is 3.58. The summed E-state index contributed by atoms with van der Waals surface area (Å²) in [6, 6.07) is 11.6. The lowest BCUT2D eigenvalue weighted by Crippen LogP contribution is -1.98. The number of hydrogen-bond donors (Lipinski definition) is 2. The van der Waals surface area contributed by atoms with E-state index >= 15 is 0 Å². The smallest absolute Gasteiger partial charge is 0.148 e. The molecule has 0 bridgehead atoms. The van der Waals surface area contributed by atoms with Gasteiger partial charge in [-0.3, -0.25) is 0 Å². The lowest BCUT2D eigenvalue weighted by Gasteiger charge is -2.07. The van der Waals surface area contributed by atoms with Crippen LogP contribution in [0.2, 0.25) is 0 Å². The van der Waals surface area contributed by atoms with E-state index < -0.39 is 0 Å². The van der Waals surface area contributed by atoms with Crippen molar-refractivity contribution in [1.82, 2.24) is 19.9 Å². The molecule has 0 saturated carbocycles. The maximum atomic E-state index is 9.09. The SMILES string of the molecule is Cc1[nH]c(-c2ccc(-c3nc(=S)c(C#N)c(C)[nH]3)cc2)nc(=S)c1C#N. The Bertz CT molecular complexity index is 1110. The first-order chi connectivity index (χ1) is 12.4. The number of nitrogens with one attached hydrogen (secondary N) is 2. The summed E-state index contributed by atoms with van der Waals surface area (Å²) in [5.74, 6) is 1.19. The number of nitriles is 2. The minimum atomic E-state index is 0.274. The van der Waals surface area contributed by atoms with Gasteiger partial charge in [-0.1, -0.05) is 48.7 Å². The summed E-state index contributed by atoms with van der Waals surface area (Å²) in [5, 5.41) is 18.2. The zero-order valence-electron chi connectivity index (χ0n) is 13.9. The van der Waals surface area contributed by atoms with E-state index in [1.807, 2.05) is 36.4 Å². The predicted molar refractivity (Wildman–Crippen MR) is 102 cm³/mol. The Labute approximate surface area is 159 Å². The van der Waals surface area contributed by atoms with Crippen LogP contribution in [-0.4, -0.2) is 19.9 Å². The normalized spacial score (nSPS) is 10.2. The van der Waals surface area contributed by atoms with E-state index in [4.69, 9.17) is 35.0 Å². The highest BCUT2D eigenvalue weighted by Gasteiger charge is 2.09. The van der Waals surface area contributed by atoms with Crippen LogP contribution in [0, 0.1) is 45.8 Å². The average Bonchev–Trinajstić information content (AvgIpc) is 2.61. The Morgan fingerprint density at radius 2 is 1.12 bits per heavy atom. The van der Waals surface area contributed by atoms with Crippen molar-refractivity contribution >= 4 is 24.4 Å². The molecule has 2 heterocycles. The standard InChI is InChI=1S/C18H12N6S2/c1-9-13(7-19)17(25)23-15(21-9)11-3-5-12(6-4-11)16-22-10(2)14(8-20)18(26)24-16/h3-6H,1-2H3,(H,21,23,25)(H,22,24,26). The van der Waals surface area contributed by atoms with Gasteiger partial charge in [-0.25, -0.2) is 9.97 Å². The molecule has 26 heavy (non-hydrogen) atoms. The number of rotatable bonds is 2. The van der Waals surface area contributed by atoms with Crippen molar-refractivity contribution in [3.8, 4) is 34.9 Å². The van der Waals surface area contributed by atoms with E-state index in [9.17, 15) is 0 Å². The van der Waals surface area contributed by atoms with Crippen molar-refractivity contribution in [3.63, 3.8) is 0 Å². The van der Waals surface area contributed by atoms with Gasteiger partial charge in [-0.05, 0) is 13.8 Å². The van der Waals surface area contributed by atoms with Crippen molar-refractivity contribution in [2.75, 3.05) is 0 Å². The van der Waals surface area contributed by atoms with Crippen LogP contribution in [0.3, 0.4) is 0 Å². The van der Waals surface area contributed by atoms with E-state index in [-0.39, 0.29) is 9.28 Å². The number of aryl methyl sites for hydroxylation is 2. The van der Waals surface area contributed by atoms with Gasteiger partial charge in [0.25, 0.3) is 0 Å². The van der Waals surface area contributed by atoms with Crippen LogP contribution in [-0.2, 0) is 0 Å². The molecule has 0 spiro atoms. The fourth-order valence-corrected chi connectivity index (χ4v) is 3.07. The lowest BCUT2D eigenvalue weighted by atomic mass is 10.1. The highest BCUT2D eigenvalue weighted by Crippen LogP contribution is 2.22. The van der Waals surface area contributed by atoms with Crippen molar-refractivity contribution < 1.29 is 0 Å². The third-order valence-electron chi connectivity index (χ3n) is 3.87. The van der Waals surface area contributed by atoms with Gasteiger partial charge in [0.05, 0.1) is 0 Å². The number of hydrogen-bond acceptors (Lipinski definition) is 6. The van der Waals surface area contributed by atoms with E-state index in [2.05, 4.69) is 19.9 Å². The first-order valence-corrected chi connectivity index (χ1v) is 8.39. The molecule has 0 radical (unpaired) electrons. The Morgan fingerprint density at radius 1 is 0.769 bits per heavy atom. The molecular weight excluding hydrogens is 364 g/mol. The largest absolute Gasteiger partial charge is 0.342 e. The van der Waals surface area contributed by atoms with Crippen LogP contribution in [0.25, 0.3) is 22.8 Å². The maximum absolute atomic E-state index is 9.09. The summed E-state index contributed by atoms with van der Waals surface area (Å²) >= 11 is 10.3. The lowest BCUT2D eigenvalue weighted by molar-refractivity contribution is 1.07. The Kier molecular flexibility index (Phi) is 4.72. The van der Waals surface area contributed by atoms with Gasteiger partial charge in [-0.15, -0.1) is 0 Å². The quantitative estimate of drug-likeness (QED) is 0.647. The molecule has 6 nitrogen and oxygen atoms in total. The van der Waals surface area contributed by atoms with E-state index in [0.717, 1.165) is 11.1 Å². The monoisotopic (exact) mass is 376 g/mol. The fraction of sp³-hybridized carbons (Fsp3) is 0.111. The predicted octanol–water partition coefficient (Wildman–Crippen LogP) is 4.29. The van der Waals surface area contributed by atoms with Gasteiger partial charge < -0.3 is 9.97 Å². The molecule has 0 atom stereocenters. The molecule has 126 valence electrons. The molecule has 8 heteroatoms. The second kappa shape index (κ2) is 6.96. The summed E-state index contributed by atoms with van der Waals surface area (Å²) < 4.78 is 0.549. The molecule has 3 rings (SSSR count). The number of aromatic amines is 2. The number of benzene rings is 1. The van der Waals surface area contributed by atoms with Gasteiger partial charge in [0.1, 0.15) is 44.2 Å². The van der Waals surface area contributed by atoms with Gasteiger partial charge >= 0.3 is 0 Å². The molecule has 0 unspecified atom stereocenters. The van der Waals surface area contributed by atoms with E-state index in [1.54, 1.807) is 13.8 Å². The van der Waals surface area contributed by atoms with Crippen LogP contribution in [0.15, 0.2) is 24.3 Å². The number of nitrogens with zero attached hydrogens (tertiary/aromatic N) is 4. The number of H-pyrrole nitrogens is 2. The molecule has 1 aromatic carbocycles. The van der Waals surface area contributed by atoms with Crippen LogP contribution in [0.5, 0.6) is 0 Å². The maximum Gasteiger partial charge on any atom is 0.148 e. The minimum absolute atomic E-state index is 0.274. The highest BCUT2D eigenvalue weighted by molar-refractivity contribution is 7.71. The molecule has 0 aliphatic rings. The number of aromatic nitrogens is 4. The summed E-state index contributed by atoms with van der Waals surface area (Å²) in [4.78, 5) is 14.8. The molecule has 0 fully saturated rings. The van der Waals surface area contributed by atoms with E-state index in [1.165, 1.54) is 0 Å². The van der Waals surface area contributed by atoms with Crippen molar-refractivity contribution in [2.45, 2.75) is 13.8 Å². The topological polar surface area (TPSA) is 105 Å². The molecule has 0 aliphatic heterocycles. The molecule has 0 aliphatic carbocycles. The Balaban J connectivity index is 2.03. The second-order valence-corrected chi connectivity index (χ2v) is 6.36. The fourth-order valence-electron chi connectivity index (χ4n) is 2.49. The first kappa shape index (κ1) is 17.6. The second-order valence-electron chi connectivity index (χ2n) is 5.58. The first-order valence-electron chi connectivity index (χ1n) is 7.57. The molecule has 0 amide bonds. The molecule has 2 aromatic heterocycles. The highest BCUT2D eigenvalue weighted by atomic mass is 32.1. The van der Waals surface area contributed by atoms with Gasteiger partial charge in [0.15, 0.2) is 0 Å². The molecular formula is C18H12N6S2. The van der Waals surface area contributed by atoms with Crippen LogP contribution in [0.4, 0.5) is 0 Å². The van der Waals surface area contributed by atoms with Crippen LogP contribution < -0.4 is 0 Å². The summed E-state index contributed by atoms with van der Waals surface area (Å²) in [5.41, 5.74) is 3.78. The average molecular weight is 376 g/mol. The third kappa shape index (κ3) is 3.16. The Morgan fingerprint density at radius 3 is 1.38 bits per heavy atom. The zero-order valence-corrected chi connectivity index (χ0v) is 15.5. The molecule has 2 N–H and O–H groups in total. The van der Waals surface area contributed by atoms with Gasteiger partial charge in [0.2, 0.25) is 0 Å². The van der Waals surface area contributed by atoms with Crippen LogP contribution >= 0.6 is 24.4 Å². The summed E-state index contributed by atoms with van der Waals surface area (Å²) in [7, 11) is 0. The minimum Gasteiger partial charge on any atom is -0.342 e. The van der Waals surface area contributed by atoms with Crippen molar-refractivity contribution in [1.29, 1.82) is 10.5 Å². The van der Waals surface area contributed by atoms with Crippen LogP contribution in [0.1, 0.15) is 22.5 Å². The third-order valence-corrected chi connectivity index (χ3v) is 4.46. The Hall–Kier alpha value is -3.20. The zero-order chi connectivity index (χ0) is 18.8. The molecule has 3 aromatic rings. The van der Waals surface area contributed by atoms with Gasteiger partial charge in [-0.2, -0.15) is 10.5 Å². The molecule has 0 saturated heterocycles. The van der Waals surface area contributed by atoms with Crippen molar-refractivity contribution in [3.05, 3.63) is 56.1 Å². The van der Waals surface area contributed by atoms with E-state index in [0.29, 0.717) is 34.2 Å².